The summed E-state index contributed by atoms with van der Waals surface area (Å²) >= 11 is 0. The molecule has 88 valence electrons. The van der Waals surface area contributed by atoms with Crippen molar-refractivity contribution in [2.45, 2.75) is 58.3 Å². The van der Waals surface area contributed by atoms with Gasteiger partial charge in [-0.15, -0.1) is 0 Å². The predicted octanol–water partition coefficient (Wildman–Crippen LogP) is 1.20. The topological polar surface area (TPSA) is 68.8 Å². The Kier molecular flexibility index (Phi) is 22.3. The first-order valence-corrected chi connectivity index (χ1v) is 4.99. The number of rotatable bonds is 8. The SMILES string of the molecule is CCCCCCCCCC(=O)O.O.[BiH3]. The zero-order valence-electron chi connectivity index (χ0n) is 9.22. The third-order valence-electron chi connectivity index (χ3n) is 1.99. The molecule has 0 aromatic carbocycles. The molecule has 0 spiro atoms. The van der Waals surface area contributed by atoms with Crippen molar-refractivity contribution in [1.82, 2.24) is 0 Å². The van der Waals surface area contributed by atoms with Gasteiger partial charge in [0.2, 0.25) is 0 Å². The number of carboxylic acids is 1. The van der Waals surface area contributed by atoms with Crippen LogP contribution in [0.15, 0.2) is 0 Å². The number of hydrogen-bond acceptors (Lipinski definition) is 1. The van der Waals surface area contributed by atoms with Gasteiger partial charge in [0, 0.05) is 6.42 Å². The van der Waals surface area contributed by atoms with Crippen molar-refractivity contribution in [3.63, 3.8) is 0 Å². The van der Waals surface area contributed by atoms with Crippen molar-refractivity contribution < 1.29 is 15.4 Å². The van der Waals surface area contributed by atoms with Gasteiger partial charge in [-0.25, -0.2) is 0 Å². The summed E-state index contributed by atoms with van der Waals surface area (Å²) in [6.45, 7) is 2.20. The fourth-order valence-corrected chi connectivity index (χ4v) is 1.23. The molecule has 0 atom stereocenters. The molecule has 0 aliphatic rings. The van der Waals surface area contributed by atoms with Gasteiger partial charge in [-0.05, 0) is 6.42 Å². The molecule has 4 heteroatoms. The Morgan fingerprint density at radius 2 is 1.43 bits per heavy atom. The van der Waals surface area contributed by atoms with E-state index in [0.29, 0.717) is 6.42 Å². The standard InChI is InChI=1S/C10H20O2.Bi.H2O.3H/c1-2-3-4-5-6-7-8-9-10(11)12;;;;;/h2-9H2,1H3,(H,11,12);;1H2;;;. The second-order valence-corrected chi connectivity index (χ2v) is 3.27. The van der Waals surface area contributed by atoms with Crippen molar-refractivity contribution in [2.75, 3.05) is 0 Å². The summed E-state index contributed by atoms with van der Waals surface area (Å²) < 4.78 is 0. The molecule has 0 rings (SSSR count). The summed E-state index contributed by atoms with van der Waals surface area (Å²) in [6.07, 6.45) is 8.64. The van der Waals surface area contributed by atoms with Crippen LogP contribution in [0.2, 0.25) is 0 Å². The van der Waals surface area contributed by atoms with Gasteiger partial charge in [-0.1, -0.05) is 45.4 Å². The van der Waals surface area contributed by atoms with Crippen LogP contribution in [0.4, 0.5) is 0 Å². The molecule has 3 nitrogen and oxygen atoms in total. The summed E-state index contributed by atoms with van der Waals surface area (Å²) in [7, 11) is 0. The van der Waals surface area contributed by atoms with E-state index >= 15 is 0 Å². The van der Waals surface area contributed by atoms with Crippen LogP contribution in [0.3, 0.4) is 0 Å². The molecule has 0 unspecified atom stereocenters. The Hall–Kier alpha value is 0.313. The quantitative estimate of drug-likeness (QED) is 0.490. The maximum atomic E-state index is 10.1. The molecule has 0 aromatic rings. The third-order valence-corrected chi connectivity index (χ3v) is 1.99. The van der Waals surface area contributed by atoms with E-state index in [0.717, 1.165) is 12.8 Å². The molecule has 0 aromatic heterocycles. The predicted molar refractivity (Wildman–Crippen MR) is 63.8 cm³/mol. The van der Waals surface area contributed by atoms with Gasteiger partial charge >= 0.3 is 32.2 Å². The van der Waals surface area contributed by atoms with Gasteiger partial charge in [-0.3, -0.25) is 4.79 Å². The summed E-state index contributed by atoms with van der Waals surface area (Å²) in [6, 6.07) is 0. The van der Waals surface area contributed by atoms with E-state index in [1.165, 1.54) is 32.1 Å². The number of unbranched alkanes of at least 4 members (excludes halogenated alkanes) is 6. The van der Waals surface area contributed by atoms with E-state index in [4.69, 9.17) is 5.11 Å². The number of carbonyl (C=O) groups is 1. The van der Waals surface area contributed by atoms with E-state index in [1.807, 2.05) is 0 Å². The Morgan fingerprint density at radius 3 is 1.86 bits per heavy atom. The molecule has 0 aliphatic carbocycles. The van der Waals surface area contributed by atoms with Crippen molar-refractivity contribution in [3.8, 4) is 0 Å². The van der Waals surface area contributed by atoms with Crippen LogP contribution in [-0.4, -0.2) is 42.8 Å². The second-order valence-electron chi connectivity index (χ2n) is 3.27. The molecule has 0 saturated heterocycles. The Bertz CT molecular complexity index is 118. The van der Waals surface area contributed by atoms with Crippen LogP contribution in [0, 0.1) is 0 Å². The fraction of sp³-hybridized carbons (Fsp3) is 0.900. The van der Waals surface area contributed by atoms with Gasteiger partial charge in [0.05, 0.1) is 0 Å². The van der Waals surface area contributed by atoms with Crippen LogP contribution in [-0.2, 0) is 4.79 Å². The number of hydrogen-bond donors (Lipinski definition) is 1. The molecule has 0 radical (unpaired) electrons. The first-order chi connectivity index (χ1) is 5.77. The molecular formula is C10H25BiO3. The van der Waals surface area contributed by atoms with Gasteiger partial charge in [0.25, 0.3) is 0 Å². The molecule has 0 aliphatic heterocycles. The number of aliphatic carboxylic acids is 1. The molecule has 0 fully saturated rings. The Morgan fingerprint density at radius 1 is 1.00 bits per heavy atom. The molecule has 0 saturated carbocycles. The molecular weight excluding hydrogens is 377 g/mol. The van der Waals surface area contributed by atoms with E-state index in [2.05, 4.69) is 6.92 Å². The van der Waals surface area contributed by atoms with Crippen molar-refractivity contribution >= 4 is 32.2 Å². The van der Waals surface area contributed by atoms with Crippen LogP contribution in [0.25, 0.3) is 0 Å². The Balaban J connectivity index is -0.000000605. The summed E-state index contributed by atoms with van der Waals surface area (Å²) in [4.78, 5) is 10.1. The van der Waals surface area contributed by atoms with Crippen molar-refractivity contribution in [3.05, 3.63) is 0 Å². The van der Waals surface area contributed by atoms with E-state index in [1.54, 1.807) is 0 Å². The first kappa shape index (κ1) is 19.8. The fourth-order valence-electron chi connectivity index (χ4n) is 1.23. The minimum atomic E-state index is -0.663. The summed E-state index contributed by atoms with van der Waals surface area (Å²) in [5.74, 6) is -0.663. The molecule has 14 heavy (non-hydrogen) atoms. The van der Waals surface area contributed by atoms with E-state index in [9.17, 15) is 4.79 Å². The molecule has 0 heterocycles. The van der Waals surface area contributed by atoms with Gasteiger partial charge < -0.3 is 10.6 Å². The minimum absolute atomic E-state index is 0. The first-order valence-electron chi connectivity index (χ1n) is 4.99. The van der Waals surface area contributed by atoms with Gasteiger partial charge in [-0.2, -0.15) is 0 Å². The maximum absolute atomic E-state index is 10.1. The second kappa shape index (κ2) is 15.8. The van der Waals surface area contributed by atoms with E-state index in [-0.39, 0.29) is 31.7 Å². The third kappa shape index (κ3) is 18.2. The normalized spacial score (nSPS) is 8.64. The molecule has 3 N–H and O–H groups in total. The number of carboxylic acid groups (broad SMARTS) is 1. The van der Waals surface area contributed by atoms with Gasteiger partial charge in [0.1, 0.15) is 0 Å². The van der Waals surface area contributed by atoms with Crippen LogP contribution < -0.4 is 0 Å². The average Bonchev–Trinajstić information content (AvgIpc) is 2.02. The average molecular weight is 402 g/mol. The van der Waals surface area contributed by atoms with Crippen LogP contribution >= 0.6 is 0 Å². The van der Waals surface area contributed by atoms with Crippen molar-refractivity contribution in [1.29, 1.82) is 0 Å². The Labute approximate surface area is 106 Å². The zero-order chi connectivity index (χ0) is 9.23. The molecule has 0 amide bonds. The van der Waals surface area contributed by atoms with Gasteiger partial charge in [0.15, 0.2) is 0 Å². The monoisotopic (exact) mass is 402 g/mol. The van der Waals surface area contributed by atoms with Crippen molar-refractivity contribution in [2.24, 2.45) is 0 Å². The van der Waals surface area contributed by atoms with E-state index < -0.39 is 5.97 Å². The molecule has 0 bridgehead atoms. The zero-order valence-corrected chi connectivity index (χ0v) is 14.7. The summed E-state index contributed by atoms with van der Waals surface area (Å²) in [5.41, 5.74) is 0. The van der Waals surface area contributed by atoms with Crippen LogP contribution in [0.5, 0.6) is 0 Å². The summed E-state index contributed by atoms with van der Waals surface area (Å²) in [5, 5.41) is 8.35. The van der Waals surface area contributed by atoms with Crippen LogP contribution in [0.1, 0.15) is 58.3 Å².